The molecule has 1 aromatic rings. The lowest BCUT2D eigenvalue weighted by atomic mass is 10.1. The average molecular weight is 332 g/mol. The molecule has 0 spiro atoms. The monoisotopic (exact) mass is 331 g/mol. The quantitative estimate of drug-likeness (QED) is 0.857. The lowest BCUT2D eigenvalue weighted by Gasteiger charge is -2.22. The van der Waals surface area contributed by atoms with Gasteiger partial charge in [-0.2, -0.15) is 4.31 Å². The number of thiophene rings is 1. The van der Waals surface area contributed by atoms with Gasteiger partial charge in [-0.3, -0.25) is 0 Å². The Morgan fingerprint density at radius 3 is 2.71 bits per heavy atom. The molecule has 0 aliphatic carbocycles. The Morgan fingerprint density at radius 1 is 1.43 bits per heavy atom. The van der Waals surface area contributed by atoms with Gasteiger partial charge in [-0.15, -0.1) is 11.3 Å². The molecule has 2 heterocycles. The molecule has 0 radical (unpaired) electrons. The Hall–Kier alpha value is -0.470. The summed E-state index contributed by atoms with van der Waals surface area (Å²) in [5, 5.41) is 4.98. The molecule has 1 aliphatic heterocycles. The molecular weight excluding hydrogens is 306 g/mol. The van der Waals surface area contributed by atoms with Gasteiger partial charge in [0.25, 0.3) is 0 Å². The molecule has 1 aliphatic rings. The second-order valence-corrected chi connectivity index (χ2v) is 8.79. The SMILES string of the molecule is CCNCc1cc(S(=O)(=O)N2CC(C)C(N(C)C)C2)cs1. The molecule has 0 saturated carbocycles. The number of sulfonamides is 1. The van der Waals surface area contributed by atoms with Crippen LogP contribution in [0, 0.1) is 5.92 Å². The van der Waals surface area contributed by atoms with Gasteiger partial charge in [0.05, 0.1) is 4.90 Å². The minimum absolute atomic E-state index is 0.291. The molecule has 1 saturated heterocycles. The van der Waals surface area contributed by atoms with Crippen LogP contribution in [0.1, 0.15) is 18.7 Å². The van der Waals surface area contributed by atoms with E-state index in [2.05, 4.69) is 17.1 Å². The van der Waals surface area contributed by atoms with Gasteiger partial charge in [0.15, 0.2) is 0 Å². The Balaban J connectivity index is 2.13. The summed E-state index contributed by atoms with van der Waals surface area (Å²) in [6.07, 6.45) is 0. The summed E-state index contributed by atoms with van der Waals surface area (Å²) >= 11 is 1.50. The normalized spacial score (nSPS) is 24.0. The number of nitrogens with one attached hydrogen (secondary N) is 1. The summed E-state index contributed by atoms with van der Waals surface area (Å²) in [6, 6.07) is 2.09. The number of hydrogen-bond donors (Lipinski definition) is 1. The first-order chi connectivity index (χ1) is 9.86. The van der Waals surface area contributed by atoms with E-state index in [0.717, 1.165) is 18.0 Å². The highest BCUT2D eigenvalue weighted by atomic mass is 32.2. The minimum atomic E-state index is -3.35. The van der Waals surface area contributed by atoms with Gasteiger partial charge in [0, 0.05) is 35.9 Å². The van der Waals surface area contributed by atoms with E-state index < -0.39 is 10.0 Å². The number of likely N-dealkylation sites (N-methyl/N-ethyl adjacent to an activating group) is 1. The van der Waals surface area contributed by atoms with E-state index in [1.807, 2.05) is 21.0 Å². The topological polar surface area (TPSA) is 52.7 Å². The highest BCUT2D eigenvalue weighted by molar-refractivity contribution is 7.89. The molecule has 1 N–H and O–H groups in total. The second kappa shape index (κ2) is 6.75. The molecule has 0 bridgehead atoms. The molecule has 0 amide bonds. The molecule has 5 nitrogen and oxygen atoms in total. The Kier molecular flexibility index (Phi) is 5.43. The standard InChI is InChI=1S/C14H25N3O2S2/c1-5-15-7-12-6-13(10-20-12)21(18,19)17-8-11(2)14(9-17)16(3)4/h6,10-11,14-15H,5,7-9H2,1-4H3. The first kappa shape index (κ1) is 16.9. The fourth-order valence-corrected chi connectivity index (χ4v) is 5.55. The molecule has 120 valence electrons. The Bertz CT molecular complexity index is 569. The first-order valence-electron chi connectivity index (χ1n) is 7.31. The van der Waals surface area contributed by atoms with Crippen LogP contribution < -0.4 is 5.32 Å². The summed E-state index contributed by atoms with van der Waals surface area (Å²) in [6.45, 7) is 6.95. The Labute approximate surface area is 132 Å². The molecule has 2 unspecified atom stereocenters. The van der Waals surface area contributed by atoms with Crippen LogP contribution in [0.15, 0.2) is 16.3 Å². The third kappa shape index (κ3) is 3.65. The van der Waals surface area contributed by atoms with Crippen LogP contribution in [0.2, 0.25) is 0 Å². The van der Waals surface area contributed by atoms with Crippen molar-refractivity contribution in [3.8, 4) is 0 Å². The van der Waals surface area contributed by atoms with Crippen molar-refractivity contribution < 1.29 is 8.42 Å². The van der Waals surface area contributed by atoms with Gasteiger partial charge in [0.1, 0.15) is 0 Å². The van der Waals surface area contributed by atoms with Crippen molar-refractivity contribution in [1.82, 2.24) is 14.5 Å². The van der Waals surface area contributed by atoms with E-state index >= 15 is 0 Å². The van der Waals surface area contributed by atoms with Crippen LogP contribution in [0.25, 0.3) is 0 Å². The lowest BCUT2D eigenvalue weighted by molar-refractivity contribution is 0.263. The predicted molar refractivity (Wildman–Crippen MR) is 87.1 cm³/mol. The molecule has 0 aromatic carbocycles. The maximum Gasteiger partial charge on any atom is 0.243 e. The van der Waals surface area contributed by atoms with Crippen molar-refractivity contribution in [2.75, 3.05) is 33.7 Å². The zero-order valence-corrected chi connectivity index (χ0v) is 14.8. The molecule has 21 heavy (non-hydrogen) atoms. The van der Waals surface area contributed by atoms with Gasteiger partial charge >= 0.3 is 0 Å². The van der Waals surface area contributed by atoms with Crippen LogP contribution in [-0.4, -0.2) is 57.4 Å². The van der Waals surface area contributed by atoms with Crippen molar-refractivity contribution in [2.45, 2.75) is 31.3 Å². The van der Waals surface area contributed by atoms with E-state index in [0.29, 0.717) is 29.9 Å². The molecule has 7 heteroatoms. The van der Waals surface area contributed by atoms with Crippen LogP contribution in [-0.2, 0) is 16.6 Å². The third-order valence-corrected chi connectivity index (χ3v) is 6.91. The third-order valence-electron chi connectivity index (χ3n) is 4.02. The summed E-state index contributed by atoms with van der Waals surface area (Å²) in [5.74, 6) is 0.356. The molecular formula is C14H25N3O2S2. The smallest absolute Gasteiger partial charge is 0.243 e. The maximum atomic E-state index is 12.7. The van der Waals surface area contributed by atoms with Gasteiger partial charge in [-0.05, 0) is 32.6 Å². The van der Waals surface area contributed by atoms with Crippen LogP contribution in [0.4, 0.5) is 0 Å². The van der Waals surface area contributed by atoms with E-state index in [4.69, 9.17) is 0 Å². The van der Waals surface area contributed by atoms with E-state index in [1.165, 1.54) is 11.3 Å². The van der Waals surface area contributed by atoms with E-state index in [9.17, 15) is 8.42 Å². The predicted octanol–water partition coefficient (Wildman–Crippen LogP) is 1.43. The van der Waals surface area contributed by atoms with Crippen molar-refractivity contribution >= 4 is 21.4 Å². The lowest BCUT2D eigenvalue weighted by Crippen LogP contribution is -2.35. The summed E-state index contributed by atoms with van der Waals surface area (Å²) in [5.41, 5.74) is 0. The van der Waals surface area contributed by atoms with Crippen molar-refractivity contribution in [3.63, 3.8) is 0 Å². The van der Waals surface area contributed by atoms with Crippen LogP contribution in [0.3, 0.4) is 0 Å². The van der Waals surface area contributed by atoms with E-state index in [1.54, 1.807) is 15.8 Å². The largest absolute Gasteiger partial charge is 0.312 e. The van der Waals surface area contributed by atoms with Crippen molar-refractivity contribution in [2.24, 2.45) is 5.92 Å². The zero-order valence-electron chi connectivity index (χ0n) is 13.2. The highest BCUT2D eigenvalue weighted by Crippen LogP contribution is 2.28. The van der Waals surface area contributed by atoms with Gasteiger partial charge in [-0.1, -0.05) is 13.8 Å². The first-order valence-corrected chi connectivity index (χ1v) is 9.63. The minimum Gasteiger partial charge on any atom is -0.312 e. The highest BCUT2D eigenvalue weighted by Gasteiger charge is 2.38. The van der Waals surface area contributed by atoms with Crippen LogP contribution >= 0.6 is 11.3 Å². The molecule has 1 aromatic heterocycles. The number of hydrogen-bond acceptors (Lipinski definition) is 5. The summed E-state index contributed by atoms with van der Waals surface area (Å²) in [7, 11) is 0.668. The average Bonchev–Trinajstić information content (AvgIpc) is 3.03. The van der Waals surface area contributed by atoms with Gasteiger partial charge < -0.3 is 10.2 Å². The van der Waals surface area contributed by atoms with Crippen molar-refractivity contribution in [3.05, 3.63) is 16.3 Å². The fourth-order valence-electron chi connectivity index (χ4n) is 2.76. The summed E-state index contributed by atoms with van der Waals surface area (Å²) in [4.78, 5) is 3.61. The molecule has 2 atom stereocenters. The van der Waals surface area contributed by atoms with Gasteiger partial charge in [0.2, 0.25) is 10.0 Å². The fraction of sp³-hybridized carbons (Fsp3) is 0.714. The zero-order chi connectivity index (χ0) is 15.6. The number of rotatable bonds is 6. The molecule has 2 rings (SSSR count). The summed E-state index contributed by atoms with van der Waals surface area (Å²) < 4.78 is 27.1. The molecule has 1 fully saturated rings. The Morgan fingerprint density at radius 2 is 2.14 bits per heavy atom. The number of nitrogens with zero attached hydrogens (tertiary/aromatic N) is 2. The van der Waals surface area contributed by atoms with E-state index in [-0.39, 0.29) is 0 Å². The second-order valence-electron chi connectivity index (χ2n) is 5.86. The van der Waals surface area contributed by atoms with Crippen LogP contribution in [0.5, 0.6) is 0 Å². The maximum absolute atomic E-state index is 12.7. The van der Waals surface area contributed by atoms with Crippen molar-refractivity contribution in [1.29, 1.82) is 0 Å². The van der Waals surface area contributed by atoms with Gasteiger partial charge in [-0.25, -0.2) is 8.42 Å².